The summed E-state index contributed by atoms with van der Waals surface area (Å²) in [6, 6.07) is 6.21. The van der Waals surface area contributed by atoms with Gasteiger partial charge in [0, 0.05) is 0 Å². The molecule has 1 aromatic heterocycles. The van der Waals surface area contributed by atoms with Gasteiger partial charge in [-0.1, -0.05) is 32.4 Å². The Morgan fingerprint density at radius 3 is 2.24 bits per heavy atom. The molecule has 0 atom stereocenters. The number of H-pyrrole nitrogens is 1. The van der Waals surface area contributed by atoms with E-state index in [1.165, 1.54) is 5.56 Å². The number of aromatic amines is 1. The van der Waals surface area contributed by atoms with Gasteiger partial charge in [0.1, 0.15) is 0 Å². The Balaban J connectivity index is -0.000000490. The fourth-order valence-electron chi connectivity index (χ4n) is 1.54. The molecule has 0 fully saturated rings. The molecule has 1 heterocycles. The monoisotopic (exact) mass is 326 g/mol. The molecule has 17 heavy (non-hydrogen) atoms. The van der Waals surface area contributed by atoms with Gasteiger partial charge in [-0.15, -0.1) is 11.5 Å². The molecular formula is C11H13Cl3N2Ti. The third-order valence-electron chi connectivity index (χ3n) is 2.22. The van der Waals surface area contributed by atoms with E-state index in [-0.39, 0.29) is 64.4 Å². The van der Waals surface area contributed by atoms with Crippen molar-refractivity contribution in [1.29, 1.82) is 0 Å². The van der Waals surface area contributed by atoms with Crippen molar-refractivity contribution in [2.45, 2.75) is 26.2 Å². The maximum absolute atomic E-state index is 3.93. The number of halogens is 3. The first-order valence-electron chi connectivity index (χ1n) is 4.44. The van der Waals surface area contributed by atoms with Crippen molar-refractivity contribution < 1.29 is 58.9 Å². The van der Waals surface area contributed by atoms with Gasteiger partial charge in [-0.25, -0.2) is 0 Å². The topological polar surface area (TPSA) is 28.7 Å². The van der Waals surface area contributed by atoms with E-state index in [2.05, 4.69) is 49.3 Å². The molecule has 0 saturated heterocycles. The van der Waals surface area contributed by atoms with Gasteiger partial charge in [-0.05, 0) is 17.1 Å². The van der Waals surface area contributed by atoms with E-state index in [0.29, 0.717) is 0 Å². The van der Waals surface area contributed by atoms with E-state index >= 15 is 0 Å². The molecule has 0 spiro atoms. The fraction of sp³-hybridized carbons (Fsp3) is 0.364. The van der Waals surface area contributed by atoms with Crippen LogP contribution in [0.2, 0.25) is 0 Å². The minimum atomic E-state index is 0. The minimum Gasteiger partial charge on any atom is -1.00 e. The third-order valence-corrected chi connectivity index (χ3v) is 2.22. The van der Waals surface area contributed by atoms with E-state index in [1.54, 1.807) is 0 Å². The van der Waals surface area contributed by atoms with Crippen molar-refractivity contribution >= 4 is 10.9 Å². The quantitative estimate of drug-likeness (QED) is 0.379. The number of hydrogen-bond acceptors (Lipinski definition) is 1. The molecule has 0 aliphatic rings. The molecule has 0 unspecified atom stereocenters. The molecule has 2 rings (SSSR count). The maximum Gasteiger partial charge on any atom is 4.00 e. The molecule has 0 radical (unpaired) electrons. The van der Waals surface area contributed by atoms with Crippen molar-refractivity contribution in [3.05, 3.63) is 30.0 Å². The van der Waals surface area contributed by atoms with Gasteiger partial charge in [0.15, 0.2) is 0 Å². The summed E-state index contributed by atoms with van der Waals surface area (Å²) >= 11 is 0. The Bertz CT molecular complexity index is 437. The number of para-hydroxylation sites is 1. The first kappa shape index (κ1) is 22.5. The van der Waals surface area contributed by atoms with Gasteiger partial charge in [-0.3, -0.25) is 5.10 Å². The van der Waals surface area contributed by atoms with E-state index in [0.717, 1.165) is 10.9 Å². The van der Waals surface area contributed by atoms with Crippen LogP contribution in [0.15, 0.2) is 18.2 Å². The Kier molecular flexibility index (Phi) is 11.1. The third kappa shape index (κ3) is 4.80. The van der Waals surface area contributed by atoms with Gasteiger partial charge in [0.25, 0.3) is 0 Å². The summed E-state index contributed by atoms with van der Waals surface area (Å²) < 4.78 is 0. The van der Waals surface area contributed by atoms with Crippen LogP contribution in [0.4, 0.5) is 0 Å². The predicted octanol–water partition coefficient (Wildman–Crippen LogP) is -6.33. The van der Waals surface area contributed by atoms with Gasteiger partial charge >= 0.3 is 21.7 Å². The second-order valence-electron chi connectivity index (χ2n) is 4.31. The van der Waals surface area contributed by atoms with Crippen LogP contribution in [0.1, 0.15) is 26.3 Å². The summed E-state index contributed by atoms with van der Waals surface area (Å²) in [5.74, 6) is 0. The Morgan fingerprint density at radius 1 is 1.12 bits per heavy atom. The van der Waals surface area contributed by atoms with Crippen molar-refractivity contribution in [3.63, 3.8) is 0 Å². The normalized spacial score (nSPS) is 9.35. The van der Waals surface area contributed by atoms with Gasteiger partial charge < -0.3 is 42.3 Å². The van der Waals surface area contributed by atoms with E-state index in [1.807, 2.05) is 6.07 Å². The summed E-state index contributed by atoms with van der Waals surface area (Å²) in [5.41, 5.74) is 2.55. The first-order chi connectivity index (χ1) is 6.09. The summed E-state index contributed by atoms with van der Waals surface area (Å²) in [6.45, 7) is 6.59. The van der Waals surface area contributed by atoms with Crippen LogP contribution in [-0.2, 0) is 27.1 Å². The first-order valence-corrected chi connectivity index (χ1v) is 4.44. The summed E-state index contributed by atoms with van der Waals surface area (Å²) in [4.78, 5) is 0. The molecular weight excluding hydrogens is 314 g/mol. The second kappa shape index (κ2) is 8.39. The van der Waals surface area contributed by atoms with E-state index in [4.69, 9.17) is 0 Å². The van der Waals surface area contributed by atoms with Crippen molar-refractivity contribution in [1.82, 2.24) is 10.2 Å². The molecule has 6 heteroatoms. The van der Waals surface area contributed by atoms with Crippen molar-refractivity contribution in [2.24, 2.45) is 0 Å². The average molecular weight is 327 g/mol. The zero-order chi connectivity index (χ0) is 9.47. The van der Waals surface area contributed by atoms with Crippen molar-refractivity contribution in [2.75, 3.05) is 0 Å². The molecule has 0 amide bonds. The van der Waals surface area contributed by atoms with Crippen molar-refractivity contribution in [3.8, 4) is 0 Å². The number of nitrogens with one attached hydrogen (secondary N) is 1. The number of benzene rings is 1. The van der Waals surface area contributed by atoms with Crippen LogP contribution in [0, 0.1) is 6.20 Å². The van der Waals surface area contributed by atoms with Crippen LogP contribution in [0.5, 0.6) is 0 Å². The van der Waals surface area contributed by atoms with Crippen LogP contribution in [-0.4, -0.2) is 10.2 Å². The zero-order valence-corrected chi connectivity index (χ0v) is 13.6. The smallest absolute Gasteiger partial charge is 1.00 e. The molecule has 1 N–H and O–H groups in total. The van der Waals surface area contributed by atoms with Crippen LogP contribution in [0.3, 0.4) is 0 Å². The average Bonchev–Trinajstić information content (AvgIpc) is 2.48. The van der Waals surface area contributed by atoms with Crippen LogP contribution in [0.25, 0.3) is 10.9 Å². The molecule has 2 aromatic rings. The minimum absolute atomic E-state index is 0. The molecule has 0 aliphatic carbocycles. The summed E-state index contributed by atoms with van der Waals surface area (Å²) in [5, 5.41) is 7.98. The molecule has 0 aliphatic heterocycles. The van der Waals surface area contributed by atoms with Crippen LogP contribution < -0.4 is 37.2 Å². The fourth-order valence-corrected chi connectivity index (χ4v) is 1.54. The Morgan fingerprint density at radius 2 is 1.71 bits per heavy atom. The maximum atomic E-state index is 3.93. The van der Waals surface area contributed by atoms with Gasteiger partial charge in [0.2, 0.25) is 0 Å². The SMILES string of the molecule is CC(C)(C)c1cccc2[c-]n[nH]c12.[Cl-].[Cl-].[Cl-].[Ti+4]. The Hall–Kier alpha value is 0.274. The molecule has 0 saturated carbocycles. The van der Waals surface area contributed by atoms with Crippen LogP contribution >= 0.6 is 0 Å². The molecule has 1 aromatic carbocycles. The number of aromatic nitrogens is 2. The zero-order valence-electron chi connectivity index (χ0n) is 9.81. The number of fused-ring (bicyclic) bond motifs is 1. The van der Waals surface area contributed by atoms with E-state index in [9.17, 15) is 0 Å². The number of rotatable bonds is 0. The standard InChI is InChI=1S/C11H13N2.3ClH.Ti/c1-11(2,3)9-6-4-5-8-7-12-13-10(8)9;;;;/h4-6H,1-3H3,(H,12,13);3*1H;/q-1;;;;+4/p-3. The second-order valence-corrected chi connectivity index (χ2v) is 4.31. The van der Waals surface area contributed by atoms with Gasteiger partial charge in [-0.2, -0.15) is 6.07 Å². The Labute approximate surface area is 135 Å². The van der Waals surface area contributed by atoms with E-state index < -0.39 is 0 Å². The molecule has 0 bridgehead atoms. The number of nitrogens with zero attached hydrogens (tertiary/aromatic N) is 1. The van der Waals surface area contributed by atoms with Gasteiger partial charge in [0.05, 0.1) is 0 Å². The largest absolute Gasteiger partial charge is 4.00 e. The molecule has 92 valence electrons. The summed E-state index contributed by atoms with van der Waals surface area (Å²) in [6.07, 6.45) is 2.93. The predicted molar refractivity (Wildman–Crippen MR) is 53.6 cm³/mol. The number of hydrogen-bond donors (Lipinski definition) is 1. The molecule has 2 nitrogen and oxygen atoms in total. The summed E-state index contributed by atoms with van der Waals surface area (Å²) in [7, 11) is 0.